The molecular weight excluding hydrogens is 305 g/mol. The average Bonchev–Trinajstić information content (AvgIpc) is 2.70. The highest BCUT2D eigenvalue weighted by Gasteiger charge is 2.03. The van der Waals surface area contributed by atoms with Gasteiger partial charge in [0.05, 0.1) is 11.9 Å². The molecule has 0 saturated carbocycles. The number of hydrogen-bond donors (Lipinski definition) is 0. The Kier molecular flexibility index (Phi) is 2.81. The molecule has 76 valence electrons. The SMILES string of the molecule is Cc1ccc(-n2cc(C=O)nn2)cc1I. The van der Waals surface area contributed by atoms with E-state index in [-0.39, 0.29) is 0 Å². The van der Waals surface area contributed by atoms with E-state index in [2.05, 4.69) is 32.9 Å². The van der Waals surface area contributed by atoms with Gasteiger partial charge in [0.2, 0.25) is 0 Å². The van der Waals surface area contributed by atoms with Gasteiger partial charge in [-0.1, -0.05) is 11.3 Å². The molecule has 0 aliphatic heterocycles. The smallest absolute Gasteiger partial charge is 0.171 e. The van der Waals surface area contributed by atoms with Gasteiger partial charge in [-0.25, -0.2) is 4.68 Å². The standard InChI is InChI=1S/C10H8IN3O/c1-7-2-3-9(4-10(7)11)14-5-8(6-15)12-13-14/h2-6H,1H3. The van der Waals surface area contributed by atoms with Gasteiger partial charge < -0.3 is 0 Å². The first kappa shape index (κ1) is 10.3. The number of halogens is 1. The summed E-state index contributed by atoms with van der Waals surface area (Å²) in [5.74, 6) is 0. The highest BCUT2D eigenvalue weighted by Crippen LogP contribution is 2.15. The van der Waals surface area contributed by atoms with E-state index < -0.39 is 0 Å². The Hall–Kier alpha value is -1.24. The molecule has 0 spiro atoms. The number of nitrogens with zero attached hydrogens (tertiary/aromatic N) is 3. The van der Waals surface area contributed by atoms with Gasteiger partial charge in [-0.05, 0) is 47.2 Å². The summed E-state index contributed by atoms with van der Waals surface area (Å²) in [6.07, 6.45) is 2.29. The fraction of sp³-hybridized carbons (Fsp3) is 0.100. The summed E-state index contributed by atoms with van der Waals surface area (Å²) in [5.41, 5.74) is 2.46. The molecule has 0 saturated heterocycles. The Morgan fingerprint density at radius 1 is 1.47 bits per heavy atom. The van der Waals surface area contributed by atoms with Crippen molar-refractivity contribution in [1.82, 2.24) is 15.0 Å². The number of carbonyl (C=O) groups is 1. The largest absolute Gasteiger partial charge is 0.296 e. The third-order valence-corrected chi connectivity index (χ3v) is 3.21. The van der Waals surface area contributed by atoms with Gasteiger partial charge in [0.1, 0.15) is 5.69 Å². The molecule has 0 bridgehead atoms. The van der Waals surface area contributed by atoms with Gasteiger partial charge in [-0.2, -0.15) is 0 Å². The van der Waals surface area contributed by atoms with Crippen molar-refractivity contribution >= 4 is 28.9 Å². The van der Waals surface area contributed by atoms with Gasteiger partial charge in [-0.15, -0.1) is 5.10 Å². The summed E-state index contributed by atoms with van der Waals surface area (Å²) in [5, 5.41) is 7.57. The summed E-state index contributed by atoms with van der Waals surface area (Å²) < 4.78 is 2.75. The second-order valence-corrected chi connectivity index (χ2v) is 4.30. The Morgan fingerprint density at radius 3 is 2.87 bits per heavy atom. The molecule has 0 N–H and O–H groups in total. The van der Waals surface area contributed by atoms with E-state index in [1.54, 1.807) is 10.9 Å². The van der Waals surface area contributed by atoms with E-state index >= 15 is 0 Å². The monoisotopic (exact) mass is 313 g/mol. The van der Waals surface area contributed by atoms with Crippen molar-refractivity contribution in [1.29, 1.82) is 0 Å². The summed E-state index contributed by atoms with van der Waals surface area (Å²) in [4.78, 5) is 10.5. The highest BCUT2D eigenvalue weighted by molar-refractivity contribution is 14.1. The van der Waals surface area contributed by atoms with Gasteiger partial charge in [0.15, 0.2) is 6.29 Å². The number of benzene rings is 1. The van der Waals surface area contributed by atoms with Crippen LogP contribution < -0.4 is 0 Å². The molecular formula is C10H8IN3O. The number of hydrogen-bond acceptors (Lipinski definition) is 3. The molecule has 4 nitrogen and oxygen atoms in total. The molecule has 0 amide bonds. The van der Waals surface area contributed by atoms with E-state index in [0.29, 0.717) is 12.0 Å². The zero-order chi connectivity index (χ0) is 10.8. The van der Waals surface area contributed by atoms with E-state index in [0.717, 1.165) is 9.26 Å². The van der Waals surface area contributed by atoms with Crippen LogP contribution in [-0.4, -0.2) is 21.3 Å². The molecule has 0 radical (unpaired) electrons. The quantitative estimate of drug-likeness (QED) is 0.629. The molecule has 2 rings (SSSR count). The average molecular weight is 313 g/mol. The minimum absolute atomic E-state index is 0.339. The van der Waals surface area contributed by atoms with E-state index in [9.17, 15) is 4.79 Å². The van der Waals surface area contributed by atoms with Crippen LogP contribution >= 0.6 is 22.6 Å². The molecule has 0 aliphatic rings. The lowest BCUT2D eigenvalue weighted by atomic mass is 10.2. The van der Waals surface area contributed by atoms with E-state index in [1.165, 1.54) is 5.56 Å². The summed E-state index contributed by atoms with van der Waals surface area (Å²) >= 11 is 2.26. The van der Waals surface area contributed by atoms with Crippen LogP contribution in [0.15, 0.2) is 24.4 Å². The van der Waals surface area contributed by atoms with Crippen LogP contribution in [0.2, 0.25) is 0 Å². The molecule has 0 unspecified atom stereocenters. The van der Waals surface area contributed by atoms with Crippen molar-refractivity contribution in [2.45, 2.75) is 6.92 Å². The number of carbonyl (C=O) groups excluding carboxylic acids is 1. The third kappa shape index (κ3) is 2.06. The van der Waals surface area contributed by atoms with Crippen molar-refractivity contribution in [2.24, 2.45) is 0 Å². The third-order valence-electron chi connectivity index (χ3n) is 2.05. The van der Waals surface area contributed by atoms with Crippen LogP contribution in [0, 0.1) is 10.5 Å². The first-order chi connectivity index (χ1) is 7.20. The van der Waals surface area contributed by atoms with Crippen LogP contribution in [0.25, 0.3) is 5.69 Å². The Balaban J connectivity index is 2.44. The number of aldehydes is 1. The first-order valence-electron chi connectivity index (χ1n) is 4.35. The highest BCUT2D eigenvalue weighted by atomic mass is 127. The van der Waals surface area contributed by atoms with Gasteiger partial charge in [0, 0.05) is 3.57 Å². The second-order valence-electron chi connectivity index (χ2n) is 3.14. The van der Waals surface area contributed by atoms with Crippen molar-refractivity contribution < 1.29 is 4.79 Å². The van der Waals surface area contributed by atoms with Gasteiger partial charge in [0.25, 0.3) is 0 Å². The zero-order valence-corrected chi connectivity index (χ0v) is 10.2. The fourth-order valence-electron chi connectivity index (χ4n) is 1.18. The van der Waals surface area contributed by atoms with Crippen LogP contribution in [0.3, 0.4) is 0 Å². The molecule has 1 heterocycles. The Morgan fingerprint density at radius 2 is 2.27 bits per heavy atom. The summed E-state index contributed by atoms with van der Waals surface area (Å²) in [7, 11) is 0. The lowest BCUT2D eigenvalue weighted by Crippen LogP contribution is -1.96. The van der Waals surface area contributed by atoms with E-state index in [1.807, 2.05) is 25.1 Å². The fourth-order valence-corrected chi connectivity index (χ4v) is 1.68. The van der Waals surface area contributed by atoms with Gasteiger partial charge >= 0.3 is 0 Å². The molecule has 0 aliphatic carbocycles. The second kappa shape index (κ2) is 4.09. The first-order valence-corrected chi connectivity index (χ1v) is 5.42. The maximum Gasteiger partial charge on any atom is 0.171 e. The molecule has 1 aromatic heterocycles. The number of rotatable bonds is 2. The van der Waals surface area contributed by atoms with Crippen LogP contribution in [0.1, 0.15) is 16.1 Å². The van der Waals surface area contributed by atoms with Crippen molar-refractivity contribution in [2.75, 3.05) is 0 Å². The minimum Gasteiger partial charge on any atom is -0.296 e. The summed E-state index contributed by atoms with van der Waals surface area (Å²) in [6, 6.07) is 5.96. The molecule has 0 fully saturated rings. The molecule has 0 atom stereocenters. The van der Waals surface area contributed by atoms with Crippen molar-refractivity contribution in [3.63, 3.8) is 0 Å². The Bertz CT molecular complexity index is 507. The maximum atomic E-state index is 10.5. The predicted molar refractivity (Wildman–Crippen MR) is 64.2 cm³/mol. The predicted octanol–water partition coefficient (Wildman–Crippen LogP) is 1.99. The van der Waals surface area contributed by atoms with Crippen LogP contribution in [0.4, 0.5) is 0 Å². The normalized spacial score (nSPS) is 10.3. The lowest BCUT2D eigenvalue weighted by molar-refractivity contribution is 0.111. The van der Waals surface area contributed by atoms with Gasteiger partial charge in [-0.3, -0.25) is 4.79 Å². The number of aryl methyl sites for hydroxylation is 1. The zero-order valence-electron chi connectivity index (χ0n) is 8.01. The topological polar surface area (TPSA) is 47.8 Å². The van der Waals surface area contributed by atoms with Crippen LogP contribution in [0.5, 0.6) is 0 Å². The lowest BCUT2D eigenvalue weighted by Gasteiger charge is -2.02. The summed E-state index contributed by atoms with van der Waals surface area (Å²) in [6.45, 7) is 2.05. The van der Waals surface area contributed by atoms with Crippen molar-refractivity contribution in [3.8, 4) is 5.69 Å². The Labute approximate surface area is 100 Å². The molecule has 1 aromatic carbocycles. The molecule has 2 aromatic rings. The van der Waals surface area contributed by atoms with Crippen molar-refractivity contribution in [3.05, 3.63) is 39.2 Å². The maximum absolute atomic E-state index is 10.5. The molecule has 15 heavy (non-hydrogen) atoms. The minimum atomic E-state index is 0.339. The molecule has 5 heteroatoms. The number of aromatic nitrogens is 3. The van der Waals surface area contributed by atoms with Crippen LogP contribution in [-0.2, 0) is 0 Å². The van der Waals surface area contributed by atoms with E-state index in [4.69, 9.17) is 0 Å².